The first-order valence-electron chi connectivity index (χ1n) is 7.42. The summed E-state index contributed by atoms with van der Waals surface area (Å²) >= 11 is 1.82. The summed E-state index contributed by atoms with van der Waals surface area (Å²) in [5.41, 5.74) is 1.02. The minimum absolute atomic E-state index is 0.589. The molecule has 1 aromatic rings. The van der Waals surface area contributed by atoms with Crippen molar-refractivity contribution in [1.29, 1.82) is 0 Å². The quantitative estimate of drug-likeness (QED) is 0.887. The van der Waals surface area contributed by atoms with Gasteiger partial charge in [0.25, 0.3) is 5.22 Å². The highest BCUT2D eigenvalue weighted by molar-refractivity contribution is 7.99. The number of aromatic nitrogens is 1. The molecule has 108 valence electrons. The molecule has 1 aromatic heterocycles. The fraction of sp³-hybridized carbons (Fsp3) is 0.800. The molecule has 0 amide bonds. The van der Waals surface area contributed by atoms with Gasteiger partial charge in [0.05, 0.1) is 5.69 Å². The van der Waals surface area contributed by atoms with Gasteiger partial charge >= 0.3 is 0 Å². The minimum atomic E-state index is 0.589. The van der Waals surface area contributed by atoms with Crippen LogP contribution in [0.5, 0.6) is 0 Å². The average molecular weight is 282 g/mol. The van der Waals surface area contributed by atoms with Crippen LogP contribution in [-0.4, -0.2) is 23.3 Å². The van der Waals surface area contributed by atoms with Crippen molar-refractivity contribution in [1.82, 2.24) is 10.3 Å². The summed E-state index contributed by atoms with van der Waals surface area (Å²) in [5, 5.41) is 4.90. The van der Waals surface area contributed by atoms with Crippen molar-refractivity contribution in [2.45, 2.75) is 69.4 Å². The highest BCUT2D eigenvalue weighted by Gasteiger charge is 2.31. The molecule has 1 fully saturated rings. The highest BCUT2D eigenvalue weighted by atomic mass is 32.2. The number of hydrogen-bond donors (Lipinski definition) is 1. The Morgan fingerprint density at radius 1 is 1.37 bits per heavy atom. The molecule has 0 bridgehead atoms. The van der Waals surface area contributed by atoms with Crippen molar-refractivity contribution in [3.05, 3.63) is 11.5 Å². The zero-order valence-electron chi connectivity index (χ0n) is 12.5. The van der Waals surface area contributed by atoms with Crippen LogP contribution in [0.2, 0.25) is 0 Å². The molecule has 3 nitrogen and oxygen atoms in total. The second kappa shape index (κ2) is 6.80. The molecule has 0 aliphatic heterocycles. The molecule has 4 heteroatoms. The van der Waals surface area contributed by atoms with Gasteiger partial charge in [-0.05, 0) is 46.1 Å². The Balaban J connectivity index is 2.01. The average Bonchev–Trinajstić information content (AvgIpc) is 2.69. The third kappa shape index (κ3) is 3.76. The molecule has 0 radical (unpaired) electrons. The maximum Gasteiger partial charge on any atom is 0.256 e. The molecule has 0 spiro atoms. The second-order valence-electron chi connectivity index (χ2n) is 5.64. The number of nitrogens with one attached hydrogen (secondary N) is 1. The lowest BCUT2D eigenvalue weighted by Gasteiger charge is -2.34. The molecule has 0 aromatic carbocycles. The van der Waals surface area contributed by atoms with Crippen molar-refractivity contribution >= 4 is 11.8 Å². The standard InChI is InChI=1S/C15H26N2OS/c1-5-6-12-7-8-13(16-4)14(9-12)19-15-17-10(2)11(3)18-15/h12-14,16H,5-9H2,1-4H3. The fourth-order valence-electron chi connectivity index (χ4n) is 2.97. The predicted octanol–water partition coefficient (Wildman–Crippen LogP) is 3.94. The Morgan fingerprint density at radius 2 is 2.16 bits per heavy atom. The monoisotopic (exact) mass is 282 g/mol. The zero-order chi connectivity index (χ0) is 13.8. The van der Waals surface area contributed by atoms with Crippen LogP contribution < -0.4 is 5.32 Å². The summed E-state index contributed by atoms with van der Waals surface area (Å²) in [5.74, 6) is 1.83. The van der Waals surface area contributed by atoms with Gasteiger partial charge in [-0.2, -0.15) is 0 Å². The molecule has 1 saturated carbocycles. The van der Waals surface area contributed by atoms with Gasteiger partial charge in [-0.3, -0.25) is 0 Å². The van der Waals surface area contributed by atoms with Gasteiger partial charge in [-0.25, -0.2) is 4.98 Å². The summed E-state index contributed by atoms with van der Waals surface area (Å²) < 4.78 is 5.73. The number of thioether (sulfide) groups is 1. The van der Waals surface area contributed by atoms with Crippen molar-refractivity contribution in [2.24, 2.45) is 5.92 Å². The van der Waals surface area contributed by atoms with E-state index in [0.717, 1.165) is 22.6 Å². The van der Waals surface area contributed by atoms with Crippen molar-refractivity contribution in [2.75, 3.05) is 7.05 Å². The van der Waals surface area contributed by atoms with Gasteiger partial charge in [0, 0.05) is 11.3 Å². The lowest BCUT2D eigenvalue weighted by molar-refractivity contribution is 0.294. The molecular formula is C15H26N2OS. The van der Waals surface area contributed by atoms with Crippen LogP contribution in [0, 0.1) is 19.8 Å². The van der Waals surface area contributed by atoms with Crippen molar-refractivity contribution in [3.8, 4) is 0 Å². The van der Waals surface area contributed by atoms with Gasteiger partial charge < -0.3 is 9.73 Å². The Hall–Kier alpha value is -0.480. The van der Waals surface area contributed by atoms with Crippen LogP contribution in [-0.2, 0) is 0 Å². The van der Waals surface area contributed by atoms with E-state index in [1.165, 1.54) is 32.1 Å². The number of oxazole rings is 1. The van der Waals surface area contributed by atoms with Crippen molar-refractivity contribution < 1.29 is 4.42 Å². The van der Waals surface area contributed by atoms with E-state index in [0.29, 0.717) is 11.3 Å². The van der Waals surface area contributed by atoms with Gasteiger partial charge in [0.2, 0.25) is 0 Å². The molecule has 1 aliphatic rings. The van der Waals surface area contributed by atoms with Gasteiger partial charge in [0.1, 0.15) is 5.76 Å². The van der Waals surface area contributed by atoms with E-state index in [1.807, 2.05) is 25.6 Å². The Morgan fingerprint density at radius 3 is 2.74 bits per heavy atom. The number of hydrogen-bond acceptors (Lipinski definition) is 4. The number of nitrogens with zero attached hydrogens (tertiary/aromatic N) is 1. The van der Waals surface area contributed by atoms with E-state index >= 15 is 0 Å². The van der Waals surface area contributed by atoms with Crippen LogP contribution in [0.1, 0.15) is 50.5 Å². The zero-order valence-corrected chi connectivity index (χ0v) is 13.3. The minimum Gasteiger partial charge on any atom is -0.437 e. The molecule has 1 aliphatic carbocycles. The SMILES string of the molecule is CCCC1CCC(NC)C(Sc2nc(C)c(C)o2)C1. The van der Waals surface area contributed by atoms with Crippen LogP contribution in [0.4, 0.5) is 0 Å². The van der Waals surface area contributed by atoms with Crippen molar-refractivity contribution in [3.63, 3.8) is 0 Å². The molecule has 2 rings (SSSR count). The third-order valence-corrected chi connectivity index (χ3v) is 5.43. The second-order valence-corrected chi connectivity index (χ2v) is 6.83. The van der Waals surface area contributed by atoms with Gasteiger partial charge in [0.15, 0.2) is 0 Å². The topological polar surface area (TPSA) is 38.1 Å². The van der Waals surface area contributed by atoms with Crippen LogP contribution in [0.15, 0.2) is 9.64 Å². The molecule has 0 saturated heterocycles. The normalized spacial score (nSPS) is 27.7. The summed E-state index contributed by atoms with van der Waals surface area (Å²) in [6.07, 6.45) is 6.57. The van der Waals surface area contributed by atoms with Crippen LogP contribution in [0.3, 0.4) is 0 Å². The lowest BCUT2D eigenvalue weighted by atomic mass is 9.83. The van der Waals surface area contributed by atoms with E-state index in [1.54, 1.807) is 0 Å². The predicted molar refractivity (Wildman–Crippen MR) is 80.7 cm³/mol. The first kappa shape index (κ1) is 14.9. The van der Waals surface area contributed by atoms with E-state index in [-0.39, 0.29) is 0 Å². The third-order valence-electron chi connectivity index (χ3n) is 4.23. The highest BCUT2D eigenvalue weighted by Crippen LogP contribution is 2.38. The summed E-state index contributed by atoms with van der Waals surface area (Å²) in [4.78, 5) is 4.51. The Labute approximate surface area is 120 Å². The summed E-state index contributed by atoms with van der Waals surface area (Å²) in [7, 11) is 2.07. The number of aryl methyl sites for hydroxylation is 2. The Kier molecular flexibility index (Phi) is 5.34. The molecule has 1 heterocycles. The maximum absolute atomic E-state index is 5.73. The summed E-state index contributed by atoms with van der Waals surface area (Å²) in [6.45, 7) is 6.29. The molecule has 1 N–H and O–H groups in total. The smallest absolute Gasteiger partial charge is 0.256 e. The largest absolute Gasteiger partial charge is 0.437 e. The molecule has 3 unspecified atom stereocenters. The molecule has 3 atom stereocenters. The maximum atomic E-state index is 5.73. The fourth-order valence-corrected chi connectivity index (χ4v) is 4.39. The Bertz CT molecular complexity index is 385. The summed E-state index contributed by atoms with van der Waals surface area (Å²) in [6, 6.07) is 0.589. The molecule has 19 heavy (non-hydrogen) atoms. The van der Waals surface area contributed by atoms with E-state index in [4.69, 9.17) is 4.42 Å². The van der Waals surface area contributed by atoms with E-state index in [2.05, 4.69) is 24.3 Å². The van der Waals surface area contributed by atoms with Gasteiger partial charge in [-0.1, -0.05) is 31.5 Å². The lowest BCUT2D eigenvalue weighted by Crippen LogP contribution is -2.40. The molecular weight excluding hydrogens is 256 g/mol. The number of rotatable bonds is 5. The van der Waals surface area contributed by atoms with Crippen LogP contribution >= 0.6 is 11.8 Å². The first-order valence-corrected chi connectivity index (χ1v) is 8.30. The van der Waals surface area contributed by atoms with E-state index in [9.17, 15) is 0 Å². The van der Waals surface area contributed by atoms with E-state index < -0.39 is 0 Å². The first-order chi connectivity index (χ1) is 9.13. The van der Waals surface area contributed by atoms with Gasteiger partial charge in [-0.15, -0.1) is 0 Å². The van der Waals surface area contributed by atoms with Crippen LogP contribution in [0.25, 0.3) is 0 Å².